The van der Waals surface area contributed by atoms with Gasteiger partial charge in [-0.2, -0.15) is 0 Å². The van der Waals surface area contributed by atoms with Gasteiger partial charge in [0.25, 0.3) is 0 Å². The van der Waals surface area contributed by atoms with E-state index in [9.17, 15) is 4.79 Å². The first-order valence-electron chi connectivity index (χ1n) is 15.0. The summed E-state index contributed by atoms with van der Waals surface area (Å²) in [5.74, 6) is -0.114. The molecule has 0 radical (unpaired) electrons. The molecule has 0 unspecified atom stereocenters. The van der Waals surface area contributed by atoms with Crippen LogP contribution >= 0.6 is 0 Å². The second-order valence-electron chi connectivity index (χ2n) is 10.8. The molecule has 0 N–H and O–H groups in total. The number of hydrogen-bond acceptors (Lipinski definition) is 7. The number of Topliss-reactive ketones (excluding diaryl/α,β-unsaturated/α-hetero) is 1. The molecule has 4 aromatic carbocycles. The van der Waals surface area contributed by atoms with Crippen molar-refractivity contribution < 1.29 is 33.2 Å². The van der Waals surface area contributed by atoms with Crippen LogP contribution in [-0.2, 0) is 59.6 Å². The van der Waals surface area contributed by atoms with Gasteiger partial charge in [-0.05, 0) is 29.2 Å². The molecule has 4 aromatic rings. The fourth-order valence-corrected chi connectivity index (χ4v) is 5.08. The van der Waals surface area contributed by atoms with Crippen molar-refractivity contribution in [2.24, 2.45) is 0 Å². The minimum Gasteiger partial charge on any atom is -0.374 e. The smallest absolute Gasteiger partial charge is 0.187 e. The van der Waals surface area contributed by atoms with E-state index in [4.69, 9.17) is 28.4 Å². The Bertz CT molecular complexity index is 1370. The van der Waals surface area contributed by atoms with Gasteiger partial charge in [0, 0.05) is 0 Å². The van der Waals surface area contributed by atoms with Crippen LogP contribution in [0.1, 0.15) is 29.2 Å². The zero-order chi connectivity index (χ0) is 30.4. The van der Waals surface area contributed by atoms with Crippen LogP contribution < -0.4 is 0 Å². The Hall–Kier alpha value is -3.69. The Morgan fingerprint density at radius 1 is 0.545 bits per heavy atom. The van der Waals surface area contributed by atoms with Crippen molar-refractivity contribution in [2.45, 2.75) is 64.1 Å². The van der Waals surface area contributed by atoms with Crippen molar-refractivity contribution in [1.29, 1.82) is 0 Å². The number of benzene rings is 4. The molecule has 7 nitrogen and oxygen atoms in total. The normalized spacial score (nSPS) is 21.6. The van der Waals surface area contributed by atoms with Crippen LogP contribution in [0.3, 0.4) is 0 Å². The van der Waals surface area contributed by atoms with E-state index in [0.29, 0.717) is 26.4 Å². The summed E-state index contributed by atoms with van der Waals surface area (Å²) >= 11 is 0. The van der Waals surface area contributed by atoms with Crippen LogP contribution in [-0.4, -0.2) is 49.7 Å². The van der Waals surface area contributed by atoms with Crippen molar-refractivity contribution in [2.75, 3.05) is 13.2 Å². The lowest BCUT2D eigenvalue weighted by Gasteiger charge is -2.45. The van der Waals surface area contributed by atoms with Crippen LogP contribution in [0.5, 0.6) is 0 Å². The summed E-state index contributed by atoms with van der Waals surface area (Å²) < 4.78 is 38.5. The highest BCUT2D eigenvalue weighted by Gasteiger charge is 2.49. The monoisotopic (exact) mass is 596 g/mol. The van der Waals surface area contributed by atoms with Gasteiger partial charge in [-0.15, -0.1) is 0 Å². The van der Waals surface area contributed by atoms with Crippen LogP contribution in [0.2, 0.25) is 0 Å². The third-order valence-corrected chi connectivity index (χ3v) is 7.29. The van der Waals surface area contributed by atoms with Gasteiger partial charge in [0.2, 0.25) is 0 Å². The third kappa shape index (κ3) is 9.66. The summed E-state index contributed by atoms with van der Waals surface area (Å²) in [6, 6.07) is 39.8. The van der Waals surface area contributed by atoms with Crippen molar-refractivity contribution >= 4 is 5.78 Å². The Labute approximate surface area is 259 Å². The van der Waals surface area contributed by atoms with Gasteiger partial charge >= 0.3 is 0 Å². The molecule has 1 saturated heterocycles. The molecule has 5 rings (SSSR count). The highest BCUT2D eigenvalue weighted by molar-refractivity contribution is 5.76. The van der Waals surface area contributed by atoms with E-state index in [2.05, 4.69) is 0 Å². The molecule has 0 saturated carbocycles. The molecule has 1 aliphatic heterocycles. The van der Waals surface area contributed by atoms with Crippen LogP contribution in [0.4, 0.5) is 0 Å². The Balaban J connectivity index is 1.42. The molecule has 230 valence electrons. The maximum atomic E-state index is 12.0. The van der Waals surface area contributed by atoms with E-state index in [-0.39, 0.29) is 19.0 Å². The van der Waals surface area contributed by atoms with Gasteiger partial charge < -0.3 is 28.4 Å². The Morgan fingerprint density at radius 2 is 0.955 bits per heavy atom. The maximum absolute atomic E-state index is 12.0. The molecule has 0 bridgehead atoms. The van der Waals surface area contributed by atoms with Gasteiger partial charge in [-0.3, -0.25) is 4.79 Å². The van der Waals surface area contributed by atoms with Crippen molar-refractivity contribution in [3.05, 3.63) is 144 Å². The lowest BCUT2D eigenvalue weighted by molar-refractivity contribution is -0.326. The van der Waals surface area contributed by atoms with E-state index in [0.717, 1.165) is 22.3 Å². The van der Waals surface area contributed by atoms with Crippen molar-refractivity contribution in [3.63, 3.8) is 0 Å². The molecule has 5 atom stereocenters. The van der Waals surface area contributed by atoms with Crippen molar-refractivity contribution in [1.82, 2.24) is 0 Å². The molecular formula is C37H40O7. The average molecular weight is 597 g/mol. The first kappa shape index (κ1) is 31.7. The van der Waals surface area contributed by atoms with Gasteiger partial charge in [-0.1, -0.05) is 121 Å². The predicted octanol–water partition coefficient (Wildman–Crippen LogP) is 6.29. The zero-order valence-corrected chi connectivity index (χ0v) is 25.0. The van der Waals surface area contributed by atoms with E-state index in [1.165, 1.54) is 6.92 Å². The van der Waals surface area contributed by atoms with Gasteiger partial charge in [0.1, 0.15) is 31.0 Å². The number of ether oxygens (including phenoxy) is 6. The van der Waals surface area contributed by atoms with Crippen LogP contribution in [0.25, 0.3) is 0 Å². The van der Waals surface area contributed by atoms with Gasteiger partial charge in [0.05, 0.1) is 33.0 Å². The first-order chi connectivity index (χ1) is 21.7. The summed E-state index contributed by atoms with van der Waals surface area (Å²) in [4.78, 5) is 12.0. The van der Waals surface area contributed by atoms with E-state index in [1.807, 2.05) is 121 Å². The summed E-state index contributed by atoms with van der Waals surface area (Å²) in [6.45, 7) is 2.99. The summed E-state index contributed by atoms with van der Waals surface area (Å²) in [5, 5.41) is 0. The topological polar surface area (TPSA) is 72.5 Å². The molecule has 1 fully saturated rings. The van der Waals surface area contributed by atoms with Gasteiger partial charge in [-0.25, -0.2) is 0 Å². The third-order valence-electron chi connectivity index (χ3n) is 7.29. The standard InChI is InChI=1S/C37H40O7/c1-28(38)22-43-37-36(42-26-32-20-12-5-13-21-32)35(41-25-31-18-10-4-11-19-31)34(40-24-30-16-8-3-9-17-30)33(44-37)27-39-23-29-14-6-2-7-15-29/h2-21,33-37H,22-27H2,1H3/t33-,34+,35+,36-,37-/m1/s1. The number of carbonyl (C=O) groups excluding carboxylic acids is 1. The highest BCUT2D eigenvalue weighted by atomic mass is 16.7. The lowest BCUT2D eigenvalue weighted by Crippen LogP contribution is -2.62. The molecule has 1 heterocycles. The molecule has 0 spiro atoms. The fourth-order valence-electron chi connectivity index (χ4n) is 5.08. The minimum atomic E-state index is -0.884. The molecule has 44 heavy (non-hydrogen) atoms. The fraction of sp³-hybridized carbons (Fsp3) is 0.324. The molecule has 7 heteroatoms. The Morgan fingerprint density at radius 3 is 1.41 bits per heavy atom. The summed E-state index contributed by atoms with van der Waals surface area (Å²) in [5.41, 5.74) is 4.08. The van der Waals surface area contributed by atoms with E-state index < -0.39 is 30.7 Å². The lowest BCUT2D eigenvalue weighted by atomic mass is 9.97. The largest absolute Gasteiger partial charge is 0.374 e. The number of ketones is 1. The second kappa shape index (κ2) is 17.0. The average Bonchev–Trinajstić information content (AvgIpc) is 3.07. The number of carbonyl (C=O) groups is 1. The summed E-state index contributed by atoms with van der Waals surface area (Å²) in [7, 11) is 0. The van der Waals surface area contributed by atoms with Crippen LogP contribution in [0.15, 0.2) is 121 Å². The number of rotatable bonds is 16. The van der Waals surface area contributed by atoms with Crippen molar-refractivity contribution in [3.8, 4) is 0 Å². The Kier molecular flexibility index (Phi) is 12.2. The maximum Gasteiger partial charge on any atom is 0.187 e. The minimum absolute atomic E-state index is 0.114. The quantitative estimate of drug-likeness (QED) is 0.151. The van der Waals surface area contributed by atoms with E-state index >= 15 is 0 Å². The SMILES string of the molecule is CC(=O)CO[C@@H]1O[C@H](COCc2ccccc2)[C@H](OCc2ccccc2)[C@H](OCc2ccccc2)[C@H]1OCc1ccccc1. The first-order valence-corrected chi connectivity index (χ1v) is 15.0. The number of hydrogen-bond donors (Lipinski definition) is 0. The van der Waals surface area contributed by atoms with Crippen LogP contribution in [0, 0.1) is 0 Å². The highest BCUT2D eigenvalue weighted by Crippen LogP contribution is 2.31. The molecule has 1 aliphatic rings. The van der Waals surface area contributed by atoms with Gasteiger partial charge in [0.15, 0.2) is 12.1 Å². The second-order valence-corrected chi connectivity index (χ2v) is 10.8. The zero-order valence-electron chi connectivity index (χ0n) is 25.0. The summed E-state index contributed by atoms with van der Waals surface area (Å²) in [6.07, 6.45) is -3.29. The molecular weight excluding hydrogens is 556 g/mol. The molecule has 0 aliphatic carbocycles. The molecule has 0 aromatic heterocycles. The predicted molar refractivity (Wildman–Crippen MR) is 166 cm³/mol. The molecule has 0 amide bonds. The van der Waals surface area contributed by atoms with E-state index in [1.54, 1.807) is 0 Å².